The molecule has 2 rings (SSSR count). The molecule has 0 amide bonds. The van der Waals surface area contributed by atoms with Crippen molar-refractivity contribution in [3.63, 3.8) is 0 Å². The second kappa shape index (κ2) is 5.75. The first-order chi connectivity index (χ1) is 8.29. The SMILES string of the molecule is CNC(Cc1cccc(Cl)c1)c1ccnnc1. The summed E-state index contributed by atoms with van der Waals surface area (Å²) in [5, 5.41) is 11.7. The van der Waals surface area contributed by atoms with Crippen LogP contribution >= 0.6 is 11.6 Å². The molecule has 1 N–H and O–H groups in total. The maximum absolute atomic E-state index is 5.97. The zero-order chi connectivity index (χ0) is 12.1. The zero-order valence-corrected chi connectivity index (χ0v) is 10.4. The molecule has 1 aromatic carbocycles. The molecule has 88 valence electrons. The lowest BCUT2D eigenvalue weighted by molar-refractivity contribution is 0.588. The summed E-state index contributed by atoms with van der Waals surface area (Å²) in [6.45, 7) is 0. The van der Waals surface area contributed by atoms with E-state index in [0.717, 1.165) is 17.0 Å². The van der Waals surface area contributed by atoms with E-state index in [9.17, 15) is 0 Å². The van der Waals surface area contributed by atoms with Gasteiger partial charge in [-0.1, -0.05) is 23.7 Å². The fourth-order valence-corrected chi connectivity index (χ4v) is 2.01. The third-order valence-corrected chi connectivity index (χ3v) is 2.92. The summed E-state index contributed by atoms with van der Waals surface area (Å²) in [7, 11) is 1.94. The molecule has 1 unspecified atom stereocenters. The van der Waals surface area contributed by atoms with Gasteiger partial charge in [-0.3, -0.25) is 0 Å². The summed E-state index contributed by atoms with van der Waals surface area (Å²) in [4.78, 5) is 0. The van der Waals surface area contributed by atoms with Gasteiger partial charge in [0.05, 0.1) is 6.20 Å². The number of hydrogen-bond donors (Lipinski definition) is 1. The Labute approximate surface area is 106 Å². The Morgan fingerprint density at radius 1 is 1.29 bits per heavy atom. The van der Waals surface area contributed by atoms with Gasteiger partial charge in [-0.05, 0) is 42.8 Å². The highest BCUT2D eigenvalue weighted by atomic mass is 35.5. The fourth-order valence-electron chi connectivity index (χ4n) is 1.79. The molecule has 1 heterocycles. The lowest BCUT2D eigenvalue weighted by Gasteiger charge is -2.16. The van der Waals surface area contributed by atoms with Gasteiger partial charge in [0.1, 0.15) is 0 Å². The first-order valence-corrected chi connectivity index (χ1v) is 5.85. The first kappa shape index (κ1) is 12.0. The van der Waals surface area contributed by atoms with E-state index in [1.165, 1.54) is 5.56 Å². The molecule has 0 aliphatic heterocycles. The van der Waals surface area contributed by atoms with Crippen molar-refractivity contribution in [2.24, 2.45) is 0 Å². The normalized spacial score (nSPS) is 12.4. The molecule has 17 heavy (non-hydrogen) atoms. The van der Waals surface area contributed by atoms with Gasteiger partial charge >= 0.3 is 0 Å². The van der Waals surface area contributed by atoms with Gasteiger partial charge in [-0.15, -0.1) is 0 Å². The Bertz CT molecular complexity index is 473. The summed E-state index contributed by atoms with van der Waals surface area (Å²) in [6, 6.07) is 10.1. The van der Waals surface area contributed by atoms with Crippen LogP contribution in [0, 0.1) is 0 Å². The van der Waals surface area contributed by atoms with Crippen LogP contribution in [0.5, 0.6) is 0 Å². The summed E-state index contributed by atoms with van der Waals surface area (Å²) < 4.78 is 0. The highest BCUT2D eigenvalue weighted by Crippen LogP contribution is 2.19. The number of benzene rings is 1. The Morgan fingerprint density at radius 3 is 2.82 bits per heavy atom. The molecule has 0 spiro atoms. The van der Waals surface area contributed by atoms with E-state index >= 15 is 0 Å². The van der Waals surface area contributed by atoms with Crippen LogP contribution < -0.4 is 5.32 Å². The van der Waals surface area contributed by atoms with Crippen LogP contribution in [0.15, 0.2) is 42.7 Å². The Balaban J connectivity index is 2.16. The lowest BCUT2D eigenvalue weighted by Crippen LogP contribution is -2.19. The van der Waals surface area contributed by atoms with E-state index in [4.69, 9.17) is 11.6 Å². The predicted molar refractivity (Wildman–Crippen MR) is 69.0 cm³/mol. The minimum Gasteiger partial charge on any atom is -0.313 e. The van der Waals surface area contributed by atoms with E-state index in [0.29, 0.717) is 0 Å². The lowest BCUT2D eigenvalue weighted by atomic mass is 10.0. The van der Waals surface area contributed by atoms with E-state index in [2.05, 4.69) is 21.6 Å². The number of hydrogen-bond acceptors (Lipinski definition) is 3. The standard InChI is InChI=1S/C13H14ClN3/c1-15-13(11-5-6-16-17-9-11)8-10-3-2-4-12(14)7-10/h2-7,9,13,15H,8H2,1H3. The van der Waals surface area contributed by atoms with Crippen molar-refractivity contribution >= 4 is 11.6 Å². The van der Waals surface area contributed by atoms with Gasteiger partial charge in [0.25, 0.3) is 0 Å². The van der Waals surface area contributed by atoms with Crippen LogP contribution in [-0.4, -0.2) is 17.2 Å². The van der Waals surface area contributed by atoms with Gasteiger partial charge in [0.2, 0.25) is 0 Å². The second-order valence-corrected chi connectivity index (χ2v) is 4.29. The molecule has 0 bridgehead atoms. The van der Waals surface area contributed by atoms with Gasteiger partial charge in [0.15, 0.2) is 0 Å². The highest BCUT2D eigenvalue weighted by molar-refractivity contribution is 6.30. The molecule has 4 heteroatoms. The monoisotopic (exact) mass is 247 g/mol. The van der Waals surface area contributed by atoms with Crippen molar-refractivity contribution in [1.82, 2.24) is 15.5 Å². The molecular formula is C13H14ClN3. The molecule has 1 aromatic heterocycles. The van der Waals surface area contributed by atoms with E-state index in [1.807, 2.05) is 31.3 Å². The molecule has 0 saturated heterocycles. The van der Waals surface area contributed by atoms with Crippen LogP contribution in [0.1, 0.15) is 17.2 Å². The van der Waals surface area contributed by atoms with E-state index in [1.54, 1.807) is 12.4 Å². The zero-order valence-electron chi connectivity index (χ0n) is 9.60. The van der Waals surface area contributed by atoms with Crippen molar-refractivity contribution in [2.75, 3.05) is 7.05 Å². The average molecular weight is 248 g/mol. The molecule has 0 radical (unpaired) electrons. The Hall–Kier alpha value is -1.45. The molecule has 0 saturated carbocycles. The molecule has 1 atom stereocenters. The maximum atomic E-state index is 5.97. The summed E-state index contributed by atoms with van der Waals surface area (Å²) in [6.07, 6.45) is 4.37. The third kappa shape index (κ3) is 3.25. The Morgan fingerprint density at radius 2 is 2.18 bits per heavy atom. The maximum Gasteiger partial charge on any atom is 0.0544 e. The van der Waals surface area contributed by atoms with Gasteiger partial charge in [0, 0.05) is 17.3 Å². The van der Waals surface area contributed by atoms with E-state index in [-0.39, 0.29) is 6.04 Å². The quantitative estimate of drug-likeness (QED) is 0.903. The minimum absolute atomic E-state index is 0.226. The number of aromatic nitrogens is 2. The van der Waals surface area contributed by atoms with Gasteiger partial charge < -0.3 is 5.32 Å². The summed E-state index contributed by atoms with van der Waals surface area (Å²) in [5.74, 6) is 0. The van der Waals surface area contributed by atoms with Crippen LogP contribution in [0.4, 0.5) is 0 Å². The Kier molecular flexibility index (Phi) is 4.07. The second-order valence-electron chi connectivity index (χ2n) is 3.85. The number of nitrogens with one attached hydrogen (secondary N) is 1. The fraction of sp³-hybridized carbons (Fsp3) is 0.231. The number of nitrogens with zero attached hydrogens (tertiary/aromatic N) is 2. The largest absolute Gasteiger partial charge is 0.313 e. The van der Waals surface area contributed by atoms with Gasteiger partial charge in [-0.2, -0.15) is 10.2 Å². The average Bonchev–Trinajstić information content (AvgIpc) is 2.37. The number of likely N-dealkylation sites (N-methyl/N-ethyl adjacent to an activating group) is 1. The van der Waals surface area contributed by atoms with Crippen LogP contribution in [0.3, 0.4) is 0 Å². The number of halogens is 1. The molecule has 3 nitrogen and oxygen atoms in total. The summed E-state index contributed by atoms with van der Waals surface area (Å²) >= 11 is 5.97. The van der Waals surface area contributed by atoms with E-state index < -0.39 is 0 Å². The van der Waals surface area contributed by atoms with Crippen LogP contribution in [-0.2, 0) is 6.42 Å². The molecule has 0 fully saturated rings. The van der Waals surface area contributed by atoms with Crippen molar-refractivity contribution in [3.8, 4) is 0 Å². The molecule has 0 aliphatic rings. The van der Waals surface area contributed by atoms with Crippen molar-refractivity contribution in [1.29, 1.82) is 0 Å². The molecule has 0 aliphatic carbocycles. The summed E-state index contributed by atoms with van der Waals surface area (Å²) in [5.41, 5.74) is 2.33. The third-order valence-electron chi connectivity index (χ3n) is 2.69. The highest BCUT2D eigenvalue weighted by Gasteiger charge is 2.10. The molecular weight excluding hydrogens is 234 g/mol. The van der Waals surface area contributed by atoms with Crippen molar-refractivity contribution < 1.29 is 0 Å². The molecule has 2 aromatic rings. The van der Waals surface area contributed by atoms with Crippen molar-refractivity contribution in [2.45, 2.75) is 12.5 Å². The van der Waals surface area contributed by atoms with Crippen LogP contribution in [0.2, 0.25) is 5.02 Å². The minimum atomic E-state index is 0.226. The van der Waals surface area contributed by atoms with Crippen LogP contribution in [0.25, 0.3) is 0 Å². The van der Waals surface area contributed by atoms with Gasteiger partial charge in [-0.25, -0.2) is 0 Å². The first-order valence-electron chi connectivity index (χ1n) is 5.48. The number of rotatable bonds is 4. The predicted octanol–water partition coefficient (Wildman–Crippen LogP) is 2.63. The topological polar surface area (TPSA) is 37.8 Å². The van der Waals surface area contributed by atoms with Crippen molar-refractivity contribution in [3.05, 3.63) is 58.9 Å². The smallest absolute Gasteiger partial charge is 0.0544 e.